The van der Waals surface area contributed by atoms with Crippen LogP contribution in [-0.4, -0.2) is 47.7 Å². The average molecular weight is 373 g/mol. The Kier molecular flexibility index (Phi) is 6.28. The lowest BCUT2D eigenvalue weighted by atomic mass is 9.93. The number of aliphatic carboxylic acids is 1. The predicted octanol–water partition coefficient (Wildman–Crippen LogP) is 3.29. The third-order valence-corrected chi connectivity index (χ3v) is 4.73. The summed E-state index contributed by atoms with van der Waals surface area (Å²) in [4.78, 5) is 25.5. The lowest BCUT2D eigenvalue weighted by Crippen LogP contribution is -2.40. The van der Waals surface area contributed by atoms with E-state index in [-0.39, 0.29) is 30.5 Å². The SMILES string of the molecule is CCC(C(=O)N1CC(OC)CC1CC(=O)O)c1cccc(C(F)(F)F)c1. The molecule has 26 heavy (non-hydrogen) atoms. The molecule has 1 aromatic rings. The maximum Gasteiger partial charge on any atom is 0.416 e. The molecule has 1 heterocycles. The van der Waals surface area contributed by atoms with E-state index < -0.39 is 29.7 Å². The first-order valence-electron chi connectivity index (χ1n) is 8.39. The van der Waals surface area contributed by atoms with E-state index in [1.807, 2.05) is 0 Å². The zero-order chi connectivity index (χ0) is 19.5. The largest absolute Gasteiger partial charge is 0.481 e. The van der Waals surface area contributed by atoms with E-state index in [1.165, 1.54) is 24.1 Å². The first-order valence-corrected chi connectivity index (χ1v) is 8.39. The molecule has 3 atom stereocenters. The van der Waals surface area contributed by atoms with Crippen LogP contribution in [0.2, 0.25) is 0 Å². The Morgan fingerprint density at radius 1 is 1.38 bits per heavy atom. The summed E-state index contributed by atoms with van der Waals surface area (Å²) < 4.78 is 44.1. The molecule has 0 radical (unpaired) electrons. The molecular weight excluding hydrogens is 351 g/mol. The highest BCUT2D eigenvalue weighted by Gasteiger charge is 2.39. The normalized spacial score (nSPS) is 21.7. The van der Waals surface area contributed by atoms with Crippen molar-refractivity contribution in [3.05, 3.63) is 35.4 Å². The number of likely N-dealkylation sites (tertiary alicyclic amines) is 1. The molecule has 5 nitrogen and oxygen atoms in total. The van der Waals surface area contributed by atoms with Gasteiger partial charge < -0.3 is 14.7 Å². The van der Waals surface area contributed by atoms with E-state index >= 15 is 0 Å². The summed E-state index contributed by atoms with van der Waals surface area (Å²) in [6.07, 6.45) is -4.27. The fraction of sp³-hybridized carbons (Fsp3) is 0.556. The highest BCUT2D eigenvalue weighted by Crippen LogP contribution is 2.34. The molecule has 0 aromatic heterocycles. The van der Waals surface area contributed by atoms with Crippen LogP contribution < -0.4 is 0 Å². The number of alkyl halides is 3. The van der Waals surface area contributed by atoms with E-state index in [0.29, 0.717) is 12.8 Å². The Balaban J connectivity index is 2.28. The van der Waals surface area contributed by atoms with E-state index in [4.69, 9.17) is 9.84 Å². The van der Waals surface area contributed by atoms with Gasteiger partial charge in [0.15, 0.2) is 0 Å². The van der Waals surface area contributed by atoms with Crippen molar-refractivity contribution in [2.75, 3.05) is 13.7 Å². The van der Waals surface area contributed by atoms with Crippen molar-refractivity contribution in [3.63, 3.8) is 0 Å². The van der Waals surface area contributed by atoms with Crippen molar-refractivity contribution in [2.45, 2.75) is 50.4 Å². The number of ether oxygens (including phenoxy) is 1. The average Bonchev–Trinajstić information content (AvgIpc) is 2.97. The summed E-state index contributed by atoms with van der Waals surface area (Å²) in [7, 11) is 1.49. The van der Waals surface area contributed by atoms with Crippen LogP contribution in [0.4, 0.5) is 13.2 Å². The number of carboxylic acid groups (broad SMARTS) is 1. The second kappa shape index (κ2) is 8.07. The van der Waals surface area contributed by atoms with Crippen molar-refractivity contribution in [1.82, 2.24) is 4.90 Å². The van der Waals surface area contributed by atoms with Crippen LogP contribution in [0.25, 0.3) is 0 Å². The van der Waals surface area contributed by atoms with E-state index in [2.05, 4.69) is 0 Å². The Bertz CT molecular complexity index is 662. The minimum absolute atomic E-state index is 0.218. The van der Waals surface area contributed by atoms with Crippen molar-refractivity contribution < 1.29 is 32.6 Å². The Morgan fingerprint density at radius 2 is 2.08 bits per heavy atom. The van der Waals surface area contributed by atoms with Gasteiger partial charge in [-0.1, -0.05) is 25.1 Å². The lowest BCUT2D eigenvalue weighted by molar-refractivity contribution is -0.141. The van der Waals surface area contributed by atoms with Gasteiger partial charge in [0.1, 0.15) is 0 Å². The molecule has 3 unspecified atom stereocenters. The zero-order valence-corrected chi connectivity index (χ0v) is 14.6. The molecule has 0 bridgehead atoms. The number of benzene rings is 1. The van der Waals surface area contributed by atoms with E-state index in [9.17, 15) is 22.8 Å². The summed E-state index contributed by atoms with van der Waals surface area (Å²) in [6.45, 7) is 1.96. The molecule has 1 saturated heterocycles. The molecule has 0 saturated carbocycles. The summed E-state index contributed by atoms with van der Waals surface area (Å²) in [6, 6.07) is 4.21. The minimum Gasteiger partial charge on any atom is -0.481 e. The summed E-state index contributed by atoms with van der Waals surface area (Å²) in [5.41, 5.74) is -0.526. The van der Waals surface area contributed by atoms with Gasteiger partial charge in [-0.25, -0.2) is 0 Å². The maximum atomic E-state index is 13.0. The van der Waals surface area contributed by atoms with Crippen LogP contribution >= 0.6 is 0 Å². The molecule has 1 aromatic carbocycles. The Morgan fingerprint density at radius 3 is 2.62 bits per heavy atom. The number of amides is 1. The highest BCUT2D eigenvalue weighted by molar-refractivity contribution is 5.85. The molecule has 1 fully saturated rings. The second-order valence-electron chi connectivity index (χ2n) is 6.42. The molecule has 1 aliphatic rings. The second-order valence-corrected chi connectivity index (χ2v) is 6.42. The molecule has 144 valence electrons. The third kappa shape index (κ3) is 4.55. The first-order chi connectivity index (χ1) is 12.2. The molecular formula is C18H22F3NO4. The number of methoxy groups -OCH3 is 1. The topological polar surface area (TPSA) is 66.8 Å². The molecule has 0 spiro atoms. The van der Waals surface area contributed by atoms with Gasteiger partial charge in [-0.2, -0.15) is 13.2 Å². The number of carboxylic acids is 1. The fourth-order valence-electron chi connectivity index (χ4n) is 3.39. The molecule has 2 rings (SSSR count). The monoisotopic (exact) mass is 373 g/mol. The third-order valence-electron chi connectivity index (χ3n) is 4.73. The van der Waals surface area contributed by atoms with E-state index in [0.717, 1.165) is 12.1 Å². The quantitative estimate of drug-likeness (QED) is 0.831. The van der Waals surface area contributed by atoms with Crippen LogP contribution in [0.1, 0.15) is 43.2 Å². The number of carbonyl (C=O) groups excluding carboxylic acids is 1. The van der Waals surface area contributed by atoms with Crippen molar-refractivity contribution in [2.24, 2.45) is 0 Å². The number of rotatable bonds is 6. The number of hydrogen-bond donors (Lipinski definition) is 1. The molecule has 1 N–H and O–H groups in total. The summed E-state index contributed by atoms with van der Waals surface area (Å²) in [5.74, 6) is -2.15. The van der Waals surface area contributed by atoms with Gasteiger partial charge in [-0.05, 0) is 24.5 Å². The molecule has 1 aliphatic heterocycles. The molecule has 1 amide bonds. The highest BCUT2D eigenvalue weighted by atomic mass is 19.4. The van der Waals surface area contributed by atoms with Gasteiger partial charge in [-0.3, -0.25) is 9.59 Å². The standard InChI is InChI=1S/C18H22F3NO4/c1-3-15(11-5-4-6-12(7-11)18(19,20)21)17(25)22-10-14(26-2)8-13(22)9-16(23)24/h4-7,13-15H,3,8-10H2,1-2H3,(H,23,24). The summed E-state index contributed by atoms with van der Waals surface area (Å²) >= 11 is 0. The van der Waals surface area contributed by atoms with Gasteiger partial charge in [0, 0.05) is 19.7 Å². The predicted molar refractivity (Wildman–Crippen MR) is 87.6 cm³/mol. The van der Waals surface area contributed by atoms with Crippen molar-refractivity contribution >= 4 is 11.9 Å². The first kappa shape index (κ1) is 20.2. The van der Waals surface area contributed by atoms with Gasteiger partial charge in [-0.15, -0.1) is 0 Å². The summed E-state index contributed by atoms with van der Waals surface area (Å²) in [5, 5.41) is 9.07. The van der Waals surface area contributed by atoms with Crippen LogP contribution in [0.3, 0.4) is 0 Å². The minimum atomic E-state index is -4.49. The van der Waals surface area contributed by atoms with Crippen LogP contribution in [0, 0.1) is 0 Å². The van der Waals surface area contributed by atoms with Crippen LogP contribution in [0.5, 0.6) is 0 Å². The number of nitrogens with zero attached hydrogens (tertiary/aromatic N) is 1. The number of carbonyl (C=O) groups is 2. The Hall–Kier alpha value is -2.09. The van der Waals surface area contributed by atoms with Gasteiger partial charge in [0.2, 0.25) is 5.91 Å². The van der Waals surface area contributed by atoms with Crippen LogP contribution in [-0.2, 0) is 20.5 Å². The number of halogens is 3. The van der Waals surface area contributed by atoms with Crippen molar-refractivity contribution in [3.8, 4) is 0 Å². The maximum absolute atomic E-state index is 13.0. The molecule has 8 heteroatoms. The Labute approximate surface area is 149 Å². The number of hydrogen-bond acceptors (Lipinski definition) is 3. The lowest BCUT2D eigenvalue weighted by Gasteiger charge is -2.28. The van der Waals surface area contributed by atoms with Crippen molar-refractivity contribution in [1.29, 1.82) is 0 Å². The van der Waals surface area contributed by atoms with E-state index in [1.54, 1.807) is 6.92 Å². The van der Waals surface area contributed by atoms with Gasteiger partial charge >= 0.3 is 12.1 Å². The zero-order valence-electron chi connectivity index (χ0n) is 14.6. The fourth-order valence-corrected chi connectivity index (χ4v) is 3.39. The van der Waals surface area contributed by atoms with Gasteiger partial charge in [0.05, 0.1) is 24.0 Å². The van der Waals surface area contributed by atoms with Gasteiger partial charge in [0.25, 0.3) is 0 Å². The molecule has 0 aliphatic carbocycles. The van der Waals surface area contributed by atoms with Crippen LogP contribution in [0.15, 0.2) is 24.3 Å². The smallest absolute Gasteiger partial charge is 0.416 e.